The van der Waals surface area contributed by atoms with E-state index in [1.165, 1.54) is 13.3 Å². The maximum atomic E-state index is 13.0. The maximum absolute atomic E-state index is 13.0. The normalized spacial score (nSPS) is 11.4. The zero-order valence-electron chi connectivity index (χ0n) is 15.5. The number of amides is 1. The van der Waals surface area contributed by atoms with Crippen molar-refractivity contribution in [3.8, 4) is 11.5 Å². The number of benzene rings is 3. The third kappa shape index (κ3) is 4.31. The fraction of sp³-hybridized carbons (Fsp3) is 0.0909. The number of nitrogens with one attached hydrogen (secondary N) is 1. The average Bonchev–Trinajstić information content (AvgIpc) is 2.76. The van der Waals surface area contributed by atoms with Crippen LogP contribution in [0.25, 0.3) is 0 Å². The number of carbonyl (C=O) groups is 1. The highest BCUT2D eigenvalue weighted by molar-refractivity contribution is 9.10. The van der Waals surface area contributed by atoms with Gasteiger partial charge in [0.1, 0.15) is 0 Å². The van der Waals surface area contributed by atoms with E-state index in [0.717, 1.165) is 0 Å². The molecule has 0 unspecified atom stereocenters. The van der Waals surface area contributed by atoms with Gasteiger partial charge < -0.3 is 14.9 Å². The van der Waals surface area contributed by atoms with Crippen molar-refractivity contribution in [2.24, 2.45) is 5.10 Å². The number of hydrogen-bond acceptors (Lipinski definition) is 5. The molecule has 0 spiro atoms. The number of phenols is 1. The molecule has 0 aliphatic carbocycles. The van der Waals surface area contributed by atoms with E-state index in [4.69, 9.17) is 4.74 Å². The van der Waals surface area contributed by atoms with Crippen LogP contribution in [-0.2, 0) is 10.4 Å². The first-order valence-corrected chi connectivity index (χ1v) is 9.49. The number of hydrogen-bond donors (Lipinski definition) is 3. The van der Waals surface area contributed by atoms with Crippen LogP contribution in [0, 0.1) is 0 Å². The van der Waals surface area contributed by atoms with Crippen LogP contribution in [0.1, 0.15) is 16.7 Å². The van der Waals surface area contributed by atoms with Crippen molar-refractivity contribution in [1.29, 1.82) is 0 Å². The topological polar surface area (TPSA) is 91.2 Å². The number of aromatic hydroxyl groups is 1. The van der Waals surface area contributed by atoms with Crippen LogP contribution in [-0.4, -0.2) is 29.4 Å². The van der Waals surface area contributed by atoms with Crippen LogP contribution < -0.4 is 10.2 Å². The van der Waals surface area contributed by atoms with Gasteiger partial charge >= 0.3 is 0 Å². The number of hydrazone groups is 1. The van der Waals surface area contributed by atoms with Crippen LogP contribution >= 0.6 is 15.9 Å². The molecule has 6 nitrogen and oxygen atoms in total. The lowest BCUT2D eigenvalue weighted by Crippen LogP contribution is -2.43. The average molecular weight is 455 g/mol. The Morgan fingerprint density at radius 2 is 1.62 bits per heavy atom. The highest BCUT2D eigenvalue weighted by atomic mass is 79.9. The number of carbonyl (C=O) groups excluding carboxylic acids is 1. The van der Waals surface area contributed by atoms with Gasteiger partial charge in [-0.3, -0.25) is 4.79 Å². The highest BCUT2D eigenvalue weighted by Crippen LogP contribution is 2.33. The summed E-state index contributed by atoms with van der Waals surface area (Å²) in [6.45, 7) is 0. The fourth-order valence-corrected chi connectivity index (χ4v) is 3.33. The van der Waals surface area contributed by atoms with E-state index in [0.29, 0.717) is 21.2 Å². The Hall–Kier alpha value is -3.16. The van der Waals surface area contributed by atoms with Crippen molar-refractivity contribution < 1.29 is 19.7 Å². The predicted octanol–water partition coefficient (Wildman–Crippen LogP) is 3.55. The van der Waals surface area contributed by atoms with Crippen molar-refractivity contribution in [3.05, 3.63) is 94.0 Å². The second-order valence-corrected chi connectivity index (χ2v) is 7.10. The molecule has 3 aromatic carbocycles. The van der Waals surface area contributed by atoms with Crippen molar-refractivity contribution in [1.82, 2.24) is 5.43 Å². The lowest BCUT2D eigenvalue weighted by Gasteiger charge is -2.27. The van der Waals surface area contributed by atoms with E-state index < -0.39 is 11.5 Å². The molecule has 7 heteroatoms. The summed E-state index contributed by atoms with van der Waals surface area (Å²) in [5.74, 6) is -0.583. The molecular weight excluding hydrogens is 436 g/mol. The molecule has 148 valence electrons. The van der Waals surface area contributed by atoms with Crippen molar-refractivity contribution in [3.63, 3.8) is 0 Å². The summed E-state index contributed by atoms with van der Waals surface area (Å²) in [7, 11) is 1.43. The molecule has 0 heterocycles. The van der Waals surface area contributed by atoms with Gasteiger partial charge in [-0.15, -0.1) is 0 Å². The van der Waals surface area contributed by atoms with Gasteiger partial charge in [-0.05, 0) is 23.3 Å². The first-order chi connectivity index (χ1) is 14.0. The number of methoxy groups -OCH3 is 1. The second kappa shape index (κ2) is 8.89. The van der Waals surface area contributed by atoms with Crippen LogP contribution in [0.2, 0.25) is 0 Å². The Morgan fingerprint density at radius 3 is 2.14 bits per heavy atom. The summed E-state index contributed by atoms with van der Waals surface area (Å²) in [6, 6.07) is 20.5. The summed E-state index contributed by atoms with van der Waals surface area (Å²) in [5, 5.41) is 25.4. The zero-order valence-corrected chi connectivity index (χ0v) is 17.1. The molecule has 3 N–H and O–H groups in total. The van der Waals surface area contributed by atoms with Crippen LogP contribution in [0.5, 0.6) is 11.5 Å². The first kappa shape index (κ1) is 20.6. The molecule has 0 aromatic heterocycles. The number of phenolic OH excluding ortho intramolecular Hbond substituents is 1. The third-order valence-electron chi connectivity index (χ3n) is 4.37. The number of rotatable bonds is 6. The summed E-state index contributed by atoms with van der Waals surface area (Å²) in [6.07, 6.45) is 1.27. The van der Waals surface area contributed by atoms with Gasteiger partial charge in [0, 0.05) is 10.0 Å². The van der Waals surface area contributed by atoms with Gasteiger partial charge in [0.15, 0.2) is 17.1 Å². The Labute approximate surface area is 176 Å². The molecule has 0 aliphatic rings. The van der Waals surface area contributed by atoms with Gasteiger partial charge in [-0.1, -0.05) is 76.6 Å². The monoisotopic (exact) mass is 454 g/mol. The van der Waals surface area contributed by atoms with Crippen LogP contribution in [0.3, 0.4) is 0 Å². The summed E-state index contributed by atoms with van der Waals surface area (Å²) in [5.41, 5.74) is 1.58. The largest absolute Gasteiger partial charge is 0.504 e. The van der Waals surface area contributed by atoms with Gasteiger partial charge in [0.2, 0.25) is 0 Å². The Kier molecular flexibility index (Phi) is 6.31. The van der Waals surface area contributed by atoms with Crippen molar-refractivity contribution in [2.45, 2.75) is 5.60 Å². The quantitative estimate of drug-likeness (QED) is 0.392. The minimum atomic E-state index is -1.93. The molecule has 0 atom stereocenters. The van der Waals surface area contributed by atoms with Crippen LogP contribution in [0.15, 0.2) is 82.4 Å². The standard InChI is InChI=1S/C22H19BrN2O4/c1-29-19-13-18(23)12-15(20(19)26)14-24-25-21(27)22(28,16-8-4-2-5-9-16)17-10-6-3-7-11-17/h2-14,26,28H,1H3,(H,25,27). The number of aliphatic hydroxyl groups is 1. The zero-order chi connectivity index (χ0) is 20.9. The van der Waals surface area contributed by atoms with Crippen molar-refractivity contribution >= 4 is 28.1 Å². The highest BCUT2D eigenvalue weighted by Gasteiger charge is 2.39. The molecular formula is C22H19BrN2O4. The number of halogens is 1. The molecule has 0 saturated carbocycles. The molecule has 3 rings (SSSR count). The van der Waals surface area contributed by atoms with E-state index in [1.807, 2.05) is 0 Å². The van der Waals surface area contributed by atoms with Gasteiger partial charge in [-0.2, -0.15) is 5.10 Å². The fourth-order valence-electron chi connectivity index (χ4n) is 2.88. The van der Waals surface area contributed by atoms with E-state index in [2.05, 4.69) is 26.5 Å². The number of ether oxygens (including phenoxy) is 1. The maximum Gasteiger partial charge on any atom is 0.281 e. The van der Waals surface area contributed by atoms with Crippen LogP contribution in [0.4, 0.5) is 0 Å². The van der Waals surface area contributed by atoms with E-state index in [1.54, 1.807) is 72.8 Å². The Bertz CT molecular complexity index is 984. The second-order valence-electron chi connectivity index (χ2n) is 6.19. The Morgan fingerprint density at radius 1 is 1.07 bits per heavy atom. The SMILES string of the molecule is COc1cc(Br)cc(C=NNC(=O)C(O)(c2ccccc2)c2ccccc2)c1O. The molecule has 0 radical (unpaired) electrons. The smallest absolute Gasteiger partial charge is 0.281 e. The molecule has 0 bridgehead atoms. The first-order valence-electron chi connectivity index (χ1n) is 8.70. The molecule has 0 aliphatic heterocycles. The van der Waals surface area contributed by atoms with Gasteiger partial charge in [0.25, 0.3) is 5.91 Å². The van der Waals surface area contributed by atoms with E-state index in [9.17, 15) is 15.0 Å². The van der Waals surface area contributed by atoms with Gasteiger partial charge in [-0.25, -0.2) is 5.43 Å². The summed E-state index contributed by atoms with van der Waals surface area (Å²) < 4.78 is 5.77. The molecule has 1 amide bonds. The summed E-state index contributed by atoms with van der Waals surface area (Å²) in [4.78, 5) is 13.0. The molecule has 0 saturated heterocycles. The summed E-state index contributed by atoms with van der Waals surface area (Å²) >= 11 is 3.32. The van der Waals surface area contributed by atoms with Gasteiger partial charge in [0.05, 0.1) is 13.3 Å². The Balaban J connectivity index is 1.91. The minimum absolute atomic E-state index is 0.116. The van der Waals surface area contributed by atoms with E-state index >= 15 is 0 Å². The predicted molar refractivity (Wildman–Crippen MR) is 114 cm³/mol. The lowest BCUT2D eigenvalue weighted by atomic mass is 9.85. The third-order valence-corrected chi connectivity index (χ3v) is 4.83. The lowest BCUT2D eigenvalue weighted by molar-refractivity contribution is -0.136. The molecule has 0 fully saturated rings. The van der Waals surface area contributed by atoms with E-state index in [-0.39, 0.29) is 11.5 Å². The molecule has 29 heavy (non-hydrogen) atoms. The van der Waals surface area contributed by atoms with Crippen molar-refractivity contribution in [2.75, 3.05) is 7.11 Å². The number of nitrogens with zero attached hydrogens (tertiary/aromatic N) is 1. The minimum Gasteiger partial charge on any atom is -0.504 e. The molecule has 3 aromatic rings.